The van der Waals surface area contributed by atoms with Crippen molar-refractivity contribution in [1.29, 1.82) is 0 Å². The molecular weight excluding hydrogens is 242 g/mol. The summed E-state index contributed by atoms with van der Waals surface area (Å²) in [6.45, 7) is 6.44. The lowest BCUT2D eigenvalue weighted by Gasteiger charge is -2.06. The summed E-state index contributed by atoms with van der Waals surface area (Å²) in [5.74, 6) is 10.9. The summed E-state index contributed by atoms with van der Waals surface area (Å²) in [5.41, 5.74) is -1.01. The second kappa shape index (κ2) is 6.36. The second-order valence-electron chi connectivity index (χ2n) is 5.03. The highest BCUT2D eigenvalue weighted by atomic mass is 16.3. The van der Waals surface area contributed by atoms with E-state index >= 15 is 0 Å². The molecule has 1 aromatic rings. The molecule has 0 aliphatic carbocycles. The standard InChI is InChI=1S/C15H17NO2.H2O/c1-14(2,17)10-8-12-6-5-7-13(16-12)9-11-15(3,4)18;/h5-7,17-18H,1-4H3;1H2. The zero-order valence-corrected chi connectivity index (χ0v) is 11.6. The van der Waals surface area contributed by atoms with Crippen LogP contribution in [0.15, 0.2) is 18.2 Å². The first-order valence-corrected chi connectivity index (χ1v) is 5.64. The van der Waals surface area contributed by atoms with E-state index in [1.807, 2.05) is 0 Å². The van der Waals surface area contributed by atoms with Gasteiger partial charge >= 0.3 is 0 Å². The van der Waals surface area contributed by atoms with Gasteiger partial charge in [0.15, 0.2) is 0 Å². The molecule has 102 valence electrons. The summed E-state index contributed by atoms with van der Waals surface area (Å²) in [6, 6.07) is 5.28. The molecule has 0 aliphatic heterocycles. The van der Waals surface area contributed by atoms with Crippen molar-refractivity contribution >= 4 is 0 Å². The molecule has 4 nitrogen and oxygen atoms in total. The van der Waals surface area contributed by atoms with Gasteiger partial charge in [-0.15, -0.1) is 0 Å². The van der Waals surface area contributed by atoms with E-state index in [1.165, 1.54) is 0 Å². The van der Waals surface area contributed by atoms with Crippen LogP contribution in [0.25, 0.3) is 0 Å². The van der Waals surface area contributed by atoms with Gasteiger partial charge in [0.2, 0.25) is 0 Å². The SMILES string of the molecule is CC(C)(O)C#Cc1cccc(C#CC(C)(C)O)n1.O. The van der Waals surface area contributed by atoms with Crippen molar-refractivity contribution < 1.29 is 15.7 Å². The number of aromatic nitrogens is 1. The Labute approximate surface area is 113 Å². The molecule has 0 radical (unpaired) electrons. The van der Waals surface area contributed by atoms with E-state index in [1.54, 1.807) is 45.9 Å². The summed E-state index contributed by atoms with van der Waals surface area (Å²) in [4.78, 5) is 4.21. The van der Waals surface area contributed by atoms with E-state index in [0.717, 1.165) is 0 Å². The Kier molecular flexibility index (Phi) is 5.74. The third kappa shape index (κ3) is 7.96. The topological polar surface area (TPSA) is 84.8 Å². The van der Waals surface area contributed by atoms with Gasteiger partial charge in [0.05, 0.1) is 0 Å². The molecule has 0 saturated carbocycles. The number of rotatable bonds is 0. The fraction of sp³-hybridized carbons (Fsp3) is 0.400. The first-order valence-electron chi connectivity index (χ1n) is 5.64. The van der Waals surface area contributed by atoms with Crippen molar-refractivity contribution in [3.05, 3.63) is 29.6 Å². The van der Waals surface area contributed by atoms with Crippen molar-refractivity contribution in [2.45, 2.75) is 38.9 Å². The number of hydrogen-bond acceptors (Lipinski definition) is 3. The van der Waals surface area contributed by atoms with E-state index in [0.29, 0.717) is 11.4 Å². The van der Waals surface area contributed by atoms with Crippen LogP contribution < -0.4 is 0 Å². The highest BCUT2D eigenvalue weighted by molar-refractivity contribution is 5.36. The van der Waals surface area contributed by atoms with Crippen LogP contribution in [0.3, 0.4) is 0 Å². The predicted octanol–water partition coefficient (Wildman–Crippen LogP) is 0.502. The van der Waals surface area contributed by atoms with Crippen LogP contribution >= 0.6 is 0 Å². The van der Waals surface area contributed by atoms with E-state index < -0.39 is 11.2 Å². The maximum Gasteiger partial charge on any atom is 0.120 e. The van der Waals surface area contributed by atoms with Gasteiger partial charge in [0.1, 0.15) is 22.6 Å². The smallest absolute Gasteiger partial charge is 0.120 e. The first-order chi connectivity index (χ1) is 8.16. The number of pyridine rings is 1. The van der Waals surface area contributed by atoms with Gasteiger partial charge in [0.25, 0.3) is 0 Å². The molecule has 0 bridgehead atoms. The fourth-order valence-electron chi connectivity index (χ4n) is 1.01. The van der Waals surface area contributed by atoms with Crippen LogP contribution in [0.4, 0.5) is 0 Å². The highest BCUT2D eigenvalue weighted by Gasteiger charge is 2.07. The largest absolute Gasteiger partial charge is 0.412 e. The normalized spacial score (nSPS) is 10.4. The van der Waals surface area contributed by atoms with Crippen molar-refractivity contribution in [3.63, 3.8) is 0 Å². The number of nitrogens with zero attached hydrogens (tertiary/aromatic N) is 1. The molecule has 0 aromatic carbocycles. The van der Waals surface area contributed by atoms with Gasteiger partial charge < -0.3 is 15.7 Å². The lowest BCUT2D eigenvalue weighted by atomic mass is 10.1. The second-order valence-corrected chi connectivity index (χ2v) is 5.03. The molecule has 19 heavy (non-hydrogen) atoms. The molecule has 0 amide bonds. The van der Waals surface area contributed by atoms with Gasteiger partial charge in [-0.05, 0) is 51.7 Å². The Morgan fingerprint density at radius 1 is 0.895 bits per heavy atom. The molecule has 0 saturated heterocycles. The van der Waals surface area contributed by atoms with Crippen LogP contribution in [-0.2, 0) is 0 Å². The maximum absolute atomic E-state index is 9.50. The average Bonchev–Trinajstić information content (AvgIpc) is 2.22. The van der Waals surface area contributed by atoms with Crippen molar-refractivity contribution in [3.8, 4) is 23.7 Å². The van der Waals surface area contributed by atoms with Gasteiger partial charge in [-0.2, -0.15) is 0 Å². The molecule has 4 heteroatoms. The minimum Gasteiger partial charge on any atom is -0.412 e. The Hall–Kier alpha value is -1.85. The van der Waals surface area contributed by atoms with Crippen LogP contribution in [0.5, 0.6) is 0 Å². The minimum absolute atomic E-state index is 0. The monoisotopic (exact) mass is 261 g/mol. The molecule has 0 unspecified atom stereocenters. The van der Waals surface area contributed by atoms with Crippen molar-refractivity contribution in [2.75, 3.05) is 0 Å². The fourth-order valence-corrected chi connectivity index (χ4v) is 1.01. The molecule has 0 spiro atoms. The predicted molar refractivity (Wildman–Crippen MR) is 74.2 cm³/mol. The minimum atomic E-state index is -1.05. The molecule has 0 aliphatic rings. The maximum atomic E-state index is 9.50. The van der Waals surface area contributed by atoms with E-state index in [-0.39, 0.29) is 5.48 Å². The van der Waals surface area contributed by atoms with Crippen LogP contribution in [0.1, 0.15) is 39.1 Å². The molecule has 1 heterocycles. The zero-order valence-electron chi connectivity index (χ0n) is 11.6. The van der Waals surface area contributed by atoms with Gasteiger partial charge in [0, 0.05) is 0 Å². The third-order valence-corrected chi connectivity index (χ3v) is 1.74. The molecule has 4 N–H and O–H groups in total. The van der Waals surface area contributed by atoms with Crippen LogP contribution in [0.2, 0.25) is 0 Å². The number of aliphatic hydroxyl groups is 2. The van der Waals surface area contributed by atoms with Gasteiger partial charge in [-0.3, -0.25) is 0 Å². The zero-order chi connectivity index (χ0) is 13.8. The Morgan fingerprint density at radius 2 is 1.26 bits per heavy atom. The van der Waals surface area contributed by atoms with Crippen molar-refractivity contribution in [2.24, 2.45) is 0 Å². The first kappa shape index (κ1) is 17.2. The summed E-state index contributed by atoms with van der Waals surface area (Å²) in [7, 11) is 0. The van der Waals surface area contributed by atoms with Crippen LogP contribution in [-0.4, -0.2) is 31.9 Å². The Balaban J connectivity index is 0.00000324. The average molecular weight is 261 g/mol. The van der Waals surface area contributed by atoms with E-state index in [2.05, 4.69) is 28.7 Å². The van der Waals surface area contributed by atoms with E-state index in [4.69, 9.17) is 0 Å². The summed E-state index contributed by atoms with van der Waals surface area (Å²) < 4.78 is 0. The third-order valence-electron chi connectivity index (χ3n) is 1.74. The Morgan fingerprint density at radius 3 is 1.58 bits per heavy atom. The molecular formula is C15H19NO3. The van der Waals surface area contributed by atoms with E-state index in [9.17, 15) is 10.2 Å². The quantitative estimate of drug-likeness (QED) is 0.667. The van der Waals surface area contributed by atoms with Crippen molar-refractivity contribution in [1.82, 2.24) is 4.98 Å². The van der Waals surface area contributed by atoms with Crippen LogP contribution in [0, 0.1) is 23.7 Å². The Bertz CT molecular complexity index is 496. The van der Waals surface area contributed by atoms with Gasteiger partial charge in [-0.25, -0.2) is 4.98 Å². The lowest BCUT2D eigenvalue weighted by molar-refractivity contribution is 0.143. The molecule has 1 rings (SSSR count). The summed E-state index contributed by atoms with van der Waals surface area (Å²) in [5, 5.41) is 19.0. The molecule has 0 fully saturated rings. The summed E-state index contributed by atoms with van der Waals surface area (Å²) >= 11 is 0. The highest BCUT2D eigenvalue weighted by Crippen LogP contribution is 2.02. The molecule has 1 aromatic heterocycles. The number of hydrogen-bond donors (Lipinski definition) is 2. The summed E-state index contributed by atoms with van der Waals surface area (Å²) in [6.07, 6.45) is 0. The van der Waals surface area contributed by atoms with Gasteiger partial charge in [-0.1, -0.05) is 17.9 Å². The molecule has 0 atom stereocenters. The lowest BCUT2D eigenvalue weighted by Crippen LogP contribution is -2.14.